The van der Waals surface area contributed by atoms with Gasteiger partial charge in [-0.05, 0) is 66.6 Å². The van der Waals surface area contributed by atoms with E-state index in [1.165, 1.54) is 0 Å². The second kappa shape index (κ2) is 7.92. The summed E-state index contributed by atoms with van der Waals surface area (Å²) < 4.78 is 5.15. The Morgan fingerprint density at radius 1 is 1.11 bits per heavy atom. The number of nitrogens with one attached hydrogen (secondary N) is 2. The van der Waals surface area contributed by atoms with Gasteiger partial charge >= 0.3 is 6.03 Å². The van der Waals surface area contributed by atoms with E-state index < -0.39 is 0 Å². The smallest absolute Gasteiger partial charge is 0.319 e. The summed E-state index contributed by atoms with van der Waals surface area (Å²) in [5.74, 6) is 1.04. The highest BCUT2D eigenvalue weighted by atomic mass is 16.5. The fraction of sp³-hybridized carbons (Fsp3) is 0.364. The molecular weight excluding hydrogens is 354 g/mol. The van der Waals surface area contributed by atoms with E-state index in [0.717, 1.165) is 66.0 Å². The Bertz CT molecular complexity index is 875. The molecule has 0 fully saturated rings. The van der Waals surface area contributed by atoms with Gasteiger partial charge in [-0.15, -0.1) is 0 Å². The second-order valence-corrected chi connectivity index (χ2v) is 7.27. The number of benzene rings is 2. The van der Waals surface area contributed by atoms with E-state index in [-0.39, 0.29) is 11.9 Å². The molecule has 6 heteroatoms. The quantitative estimate of drug-likeness (QED) is 0.838. The van der Waals surface area contributed by atoms with Crippen LogP contribution in [-0.2, 0) is 24.1 Å². The van der Waals surface area contributed by atoms with Crippen molar-refractivity contribution in [2.45, 2.75) is 32.1 Å². The van der Waals surface area contributed by atoms with Gasteiger partial charge in [-0.25, -0.2) is 4.79 Å². The first-order valence-corrected chi connectivity index (χ1v) is 9.78. The van der Waals surface area contributed by atoms with E-state index in [9.17, 15) is 9.59 Å². The number of amides is 3. The number of hydrogen-bond donors (Lipinski definition) is 2. The van der Waals surface area contributed by atoms with Crippen molar-refractivity contribution < 1.29 is 14.3 Å². The van der Waals surface area contributed by atoms with Crippen LogP contribution in [0.5, 0.6) is 5.75 Å². The Morgan fingerprint density at radius 2 is 1.86 bits per heavy atom. The summed E-state index contributed by atoms with van der Waals surface area (Å²) in [6.45, 7) is 1.36. The first kappa shape index (κ1) is 18.3. The number of ether oxygens (including phenoxy) is 1. The summed E-state index contributed by atoms with van der Waals surface area (Å²) in [6, 6.07) is 11.6. The van der Waals surface area contributed by atoms with Crippen molar-refractivity contribution in [3.63, 3.8) is 0 Å². The molecule has 146 valence electrons. The standard InChI is InChI=1S/C22H25N3O3/c1-28-19-7-4-15(5-8-19)10-11-23-22(27)24-18-13-16-3-2-12-25-20(26)9-6-17(14-18)21(16)25/h4-5,7-8,13-14H,2-3,6,9-12H2,1H3,(H2,23,24,27). The van der Waals surface area contributed by atoms with Crippen molar-refractivity contribution in [3.8, 4) is 5.75 Å². The minimum absolute atomic E-state index is 0.208. The zero-order valence-electron chi connectivity index (χ0n) is 16.1. The molecule has 0 aromatic heterocycles. The third-order valence-electron chi connectivity index (χ3n) is 5.39. The molecule has 0 radical (unpaired) electrons. The monoisotopic (exact) mass is 379 g/mol. The fourth-order valence-electron chi connectivity index (χ4n) is 4.01. The highest BCUT2D eigenvalue weighted by Gasteiger charge is 2.29. The third kappa shape index (κ3) is 3.81. The maximum atomic E-state index is 12.3. The van der Waals surface area contributed by atoms with Gasteiger partial charge in [0.15, 0.2) is 0 Å². The lowest BCUT2D eigenvalue weighted by Crippen LogP contribution is -2.39. The van der Waals surface area contributed by atoms with Gasteiger partial charge in [0.2, 0.25) is 5.91 Å². The summed E-state index contributed by atoms with van der Waals surface area (Å²) >= 11 is 0. The van der Waals surface area contributed by atoms with E-state index in [0.29, 0.717) is 13.0 Å². The van der Waals surface area contributed by atoms with Crippen LogP contribution in [0.2, 0.25) is 0 Å². The van der Waals surface area contributed by atoms with Crippen molar-refractivity contribution in [2.75, 3.05) is 30.4 Å². The molecule has 2 aliphatic heterocycles. The van der Waals surface area contributed by atoms with Crippen LogP contribution < -0.4 is 20.3 Å². The highest BCUT2D eigenvalue weighted by molar-refractivity contribution is 5.99. The molecule has 0 aliphatic carbocycles. The molecule has 2 aromatic rings. The van der Waals surface area contributed by atoms with Gasteiger partial charge in [-0.2, -0.15) is 0 Å². The second-order valence-electron chi connectivity index (χ2n) is 7.27. The van der Waals surface area contributed by atoms with E-state index >= 15 is 0 Å². The largest absolute Gasteiger partial charge is 0.497 e. The summed E-state index contributed by atoms with van der Waals surface area (Å²) in [5.41, 5.74) is 5.33. The number of aryl methyl sites for hydroxylation is 2. The lowest BCUT2D eigenvalue weighted by Gasteiger charge is -2.35. The Labute approximate surface area is 164 Å². The number of carbonyl (C=O) groups excluding carboxylic acids is 2. The number of urea groups is 1. The molecule has 3 amide bonds. The predicted molar refractivity (Wildman–Crippen MR) is 109 cm³/mol. The maximum absolute atomic E-state index is 12.3. The van der Waals surface area contributed by atoms with Gasteiger partial charge in [-0.1, -0.05) is 12.1 Å². The first-order chi connectivity index (χ1) is 13.6. The third-order valence-corrected chi connectivity index (χ3v) is 5.39. The lowest BCUT2D eigenvalue weighted by molar-refractivity contribution is -0.119. The van der Waals surface area contributed by atoms with Crippen LogP contribution in [0.3, 0.4) is 0 Å². The van der Waals surface area contributed by atoms with Crippen LogP contribution in [0.4, 0.5) is 16.2 Å². The van der Waals surface area contributed by atoms with Crippen LogP contribution in [-0.4, -0.2) is 32.1 Å². The van der Waals surface area contributed by atoms with Gasteiger partial charge in [0, 0.05) is 25.2 Å². The van der Waals surface area contributed by atoms with E-state index in [2.05, 4.69) is 10.6 Å². The lowest BCUT2D eigenvalue weighted by atomic mass is 9.91. The maximum Gasteiger partial charge on any atom is 0.319 e. The Morgan fingerprint density at radius 3 is 2.61 bits per heavy atom. The van der Waals surface area contributed by atoms with Gasteiger partial charge in [0.05, 0.1) is 12.8 Å². The van der Waals surface area contributed by atoms with E-state index in [1.807, 2.05) is 41.3 Å². The normalized spacial score (nSPS) is 15.0. The zero-order valence-corrected chi connectivity index (χ0v) is 16.1. The van der Waals surface area contributed by atoms with Crippen LogP contribution >= 0.6 is 0 Å². The van der Waals surface area contributed by atoms with Gasteiger partial charge < -0.3 is 20.3 Å². The molecule has 0 bridgehead atoms. The highest BCUT2D eigenvalue weighted by Crippen LogP contribution is 2.37. The number of methoxy groups -OCH3 is 1. The summed E-state index contributed by atoms with van der Waals surface area (Å²) in [6.07, 6.45) is 3.95. The first-order valence-electron chi connectivity index (χ1n) is 9.78. The molecule has 0 saturated carbocycles. The predicted octanol–water partition coefficient (Wildman–Crippen LogP) is 3.28. The van der Waals surface area contributed by atoms with Crippen molar-refractivity contribution in [2.24, 2.45) is 0 Å². The molecule has 6 nitrogen and oxygen atoms in total. The zero-order chi connectivity index (χ0) is 19.5. The molecule has 0 unspecified atom stereocenters. The van der Waals surface area contributed by atoms with Crippen LogP contribution in [0.25, 0.3) is 0 Å². The van der Waals surface area contributed by atoms with Gasteiger partial charge in [-0.3, -0.25) is 4.79 Å². The number of nitrogens with zero attached hydrogens (tertiary/aromatic N) is 1. The summed E-state index contributed by atoms with van der Waals surface area (Å²) in [4.78, 5) is 26.4. The van der Waals surface area contributed by atoms with Crippen molar-refractivity contribution in [3.05, 3.63) is 53.1 Å². The fourth-order valence-corrected chi connectivity index (χ4v) is 4.01. The molecule has 2 N–H and O–H groups in total. The average Bonchev–Trinajstić information content (AvgIpc) is 2.71. The molecule has 0 saturated heterocycles. The van der Waals surface area contributed by atoms with Crippen LogP contribution in [0.15, 0.2) is 36.4 Å². The van der Waals surface area contributed by atoms with Gasteiger partial charge in [0.1, 0.15) is 5.75 Å². The van der Waals surface area contributed by atoms with E-state index in [4.69, 9.17) is 4.74 Å². The number of rotatable bonds is 5. The minimum Gasteiger partial charge on any atom is -0.497 e. The van der Waals surface area contributed by atoms with Crippen LogP contribution in [0.1, 0.15) is 29.5 Å². The van der Waals surface area contributed by atoms with Crippen LogP contribution in [0, 0.1) is 0 Å². The molecule has 4 rings (SSSR count). The summed E-state index contributed by atoms with van der Waals surface area (Å²) in [5, 5.41) is 5.86. The molecule has 0 spiro atoms. The van der Waals surface area contributed by atoms with Gasteiger partial charge in [0.25, 0.3) is 0 Å². The van der Waals surface area contributed by atoms with Crippen molar-refractivity contribution >= 4 is 23.3 Å². The molecule has 2 heterocycles. The Balaban J connectivity index is 1.36. The molecular formula is C22H25N3O3. The molecule has 2 aromatic carbocycles. The number of hydrogen-bond acceptors (Lipinski definition) is 3. The average molecular weight is 379 g/mol. The Kier molecular flexibility index (Phi) is 5.19. The molecule has 2 aliphatic rings. The van der Waals surface area contributed by atoms with E-state index in [1.54, 1.807) is 7.11 Å². The van der Waals surface area contributed by atoms with Crippen molar-refractivity contribution in [1.29, 1.82) is 0 Å². The SMILES string of the molecule is COc1ccc(CCNC(=O)Nc2cc3c4c(c2)CCC(=O)N4CCC3)cc1. The Hall–Kier alpha value is -3.02. The minimum atomic E-state index is -0.208. The summed E-state index contributed by atoms with van der Waals surface area (Å²) in [7, 11) is 1.64. The number of anilines is 2. The topological polar surface area (TPSA) is 70.7 Å². The van der Waals surface area contributed by atoms with Crippen molar-refractivity contribution in [1.82, 2.24) is 5.32 Å². The molecule has 28 heavy (non-hydrogen) atoms. The molecule has 0 atom stereocenters. The number of carbonyl (C=O) groups is 2.